The second kappa shape index (κ2) is 15.0. The van der Waals surface area contributed by atoms with E-state index in [0.29, 0.717) is 5.56 Å². The number of carbonyl (C=O) groups excluding carboxylic acids is 2. The van der Waals surface area contributed by atoms with E-state index in [1.165, 1.54) is 43.4 Å². The molecule has 232 valence electrons. The first-order valence-corrected chi connectivity index (χ1v) is 13.5. The van der Waals surface area contributed by atoms with E-state index in [2.05, 4.69) is 10.6 Å². The monoisotopic (exact) mass is 609 g/mol. The van der Waals surface area contributed by atoms with Crippen molar-refractivity contribution in [3.05, 3.63) is 107 Å². The molecule has 3 N–H and O–H groups in total. The first-order chi connectivity index (χ1) is 20.2. The minimum absolute atomic E-state index is 0.0464. The summed E-state index contributed by atoms with van der Waals surface area (Å²) in [6.45, 7) is -0.115. The number of amides is 2. The summed E-state index contributed by atoms with van der Waals surface area (Å²) in [5.74, 6) is -1.14. The maximum Gasteiger partial charge on any atom is 0.416 e. The van der Waals surface area contributed by atoms with Gasteiger partial charge in [-0.1, -0.05) is 54.6 Å². The van der Waals surface area contributed by atoms with Crippen LogP contribution in [0.4, 0.5) is 26.3 Å². The third-order valence-electron chi connectivity index (χ3n) is 6.69. The average molecular weight is 610 g/mol. The molecule has 2 atom stereocenters. The van der Waals surface area contributed by atoms with Gasteiger partial charge >= 0.3 is 12.4 Å². The fraction of sp³-hybridized carbons (Fsp3) is 0.355. The quantitative estimate of drug-likeness (QED) is 0.220. The van der Waals surface area contributed by atoms with Crippen LogP contribution < -0.4 is 10.6 Å². The number of hydrogen-bond acceptors (Lipinski definition) is 4. The number of alkyl halides is 6. The minimum atomic E-state index is -4.48. The van der Waals surface area contributed by atoms with Crippen LogP contribution in [-0.2, 0) is 19.1 Å². The Bertz CT molecular complexity index is 1350. The zero-order valence-corrected chi connectivity index (χ0v) is 23.4. The third kappa shape index (κ3) is 11.0. The molecule has 0 fully saturated rings. The lowest BCUT2D eigenvalue weighted by Crippen LogP contribution is -2.48. The Kier molecular flexibility index (Phi) is 11.7. The molecule has 3 aromatic rings. The lowest BCUT2D eigenvalue weighted by Gasteiger charge is -2.25. The van der Waals surface area contributed by atoms with Crippen molar-refractivity contribution in [2.75, 3.05) is 20.1 Å². The van der Waals surface area contributed by atoms with Crippen molar-refractivity contribution in [1.82, 2.24) is 15.5 Å². The van der Waals surface area contributed by atoms with E-state index >= 15 is 0 Å². The zero-order valence-electron chi connectivity index (χ0n) is 23.4. The predicted molar refractivity (Wildman–Crippen MR) is 149 cm³/mol. The number of aliphatic hydroxyl groups excluding tert-OH is 1. The fourth-order valence-electron chi connectivity index (χ4n) is 4.40. The molecule has 0 radical (unpaired) electrons. The Morgan fingerprint density at radius 2 is 1.51 bits per heavy atom. The molecule has 0 spiro atoms. The first-order valence-electron chi connectivity index (χ1n) is 13.5. The van der Waals surface area contributed by atoms with Crippen LogP contribution in [0.1, 0.15) is 50.2 Å². The number of benzene rings is 3. The second-order valence-corrected chi connectivity index (χ2v) is 10.2. The summed E-state index contributed by atoms with van der Waals surface area (Å²) in [6.07, 6.45) is -11.0. The molecule has 43 heavy (non-hydrogen) atoms. The molecule has 0 aliphatic heterocycles. The maximum absolute atomic E-state index is 13.2. The number of nitrogens with one attached hydrogen (secondary N) is 2. The van der Waals surface area contributed by atoms with Crippen LogP contribution in [0, 0.1) is 0 Å². The van der Waals surface area contributed by atoms with E-state index in [4.69, 9.17) is 0 Å². The molecule has 0 unspecified atom stereocenters. The molecule has 0 aliphatic carbocycles. The second-order valence-electron chi connectivity index (χ2n) is 10.2. The lowest BCUT2D eigenvalue weighted by atomic mass is 10.00. The Hall–Kier alpha value is -3.90. The highest BCUT2D eigenvalue weighted by molar-refractivity contribution is 5.99. The van der Waals surface area contributed by atoms with Crippen molar-refractivity contribution in [2.45, 2.75) is 50.3 Å². The molecule has 0 saturated heterocycles. The lowest BCUT2D eigenvalue weighted by molar-refractivity contribution is -0.138. The van der Waals surface area contributed by atoms with Gasteiger partial charge in [0.15, 0.2) is 0 Å². The van der Waals surface area contributed by atoms with Gasteiger partial charge in [-0.3, -0.25) is 9.59 Å². The largest absolute Gasteiger partial charge is 0.416 e. The van der Waals surface area contributed by atoms with Gasteiger partial charge in [0.05, 0.1) is 17.7 Å². The van der Waals surface area contributed by atoms with Crippen molar-refractivity contribution in [1.29, 1.82) is 0 Å². The number of rotatable bonds is 13. The zero-order chi connectivity index (χ0) is 31.6. The summed E-state index contributed by atoms with van der Waals surface area (Å²) in [7, 11) is 1.38. The summed E-state index contributed by atoms with van der Waals surface area (Å²) in [5.41, 5.74) is 0.626. The molecule has 0 bridgehead atoms. The average Bonchev–Trinajstić information content (AvgIpc) is 2.96. The van der Waals surface area contributed by atoms with E-state index in [0.717, 1.165) is 22.6 Å². The molecule has 6 nitrogen and oxygen atoms in total. The standard InChI is InChI=1S/C31H33F6N3O3/c1-40(15-7-14-30(32,33)34)29(43)24-12-6-11-23(18-24)28(42)39-26(17-21-8-3-2-4-9-21)27(41)20-38-19-22-10-5-13-25(16-22)31(35,36)37/h2-6,8-13,16,18,26-27,38,41H,7,14-15,17,19-20H2,1H3,(H,39,42)/t26-,27+/m0/s1. The van der Waals surface area contributed by atoms with Crippen molar-refractivity contribution < 1.29 is 41.0 Å². The van der Waals surface area contributed by atoms with Crippen LogP contribution in [-0.4, -0.2) is 60.3 Å². The van der Waals surface area contributed by atoms with Crippen LogP contribution in [0.2, 0.25) is 0 Å². The molecular weight excluding hydrogens is 576 g/mol. The summed E-state index contributed by atoms with van der Waals surface area (Å²) in [4.78, 5) is 27.1. The van der Waals surface area contributed by atoms with Crippen molar-refractivity contribution in [2.24, 2.45) is 0 Å². The fourth-order valence-corrected chi connectivity index (χ4v) is 4.40. The molecule has 3 aromatic carbocycles. The minimum Gasteiger partial charge on any atom is -0.390 e. The normalized spacial score (nSPS) is 13.3. The molecule has 0 aliphatic rings. The smallest absolute Gasteiger partial charge is 0.390 e. The number of halogens is 6. The van der Waals surface area contributed by atoms with Crippen LogP contribution in [0.25, 0.3) is 0 Å². The number of nitrogens with zero attached hydrogens (tertiary/aromatic N) is 1. The molecule has 0 saturated carbocycles. The maximum atomic E-state index is 13.2. The van der Waals surface area contributed by atoms with Crippen molar-refractivity contribution in [3.63, 3.8) is 0 Å². The predicted octanol–water partition coefficient (Wildman–Crippen LogP) is 5.61. The van der Waals surface area contributed by atoms with Crippen LogP contribution in [0.5, 0.6) is 0 Å². The van der Waals surface area contributed by atoms with Gasteiger partial charge in [-0.15, -0.1) is 0 Å². The Morgan fingerprint density at radius 3 is 2.19 bits per heavy atom. The summed E-state index contributed by atoms with van der Waals surface area (Å²) in [6, 6.07) is 18.8. The van der Waals surface area contributed by atoms with Gasteiger partial charge in [-0.25, -0.2) is 0 Å². The summed E-state index contributed by atoms with van der Waals surface area (Å²) >= 11 is 0. The molecule has 3 rings (SSSR count). The van der Waals surface area contributed by atoms with Gasteiger partial charge in [-0.2, -0.15) is 26.3 Å². The third-order valence-corrected chi connectivity index (χ3v) is 6.69. The molecule has 12 heteroatoms. The SMILES string of the molecule is CN(CCCC(F)(F)F)C(=O)c1cccc(C(=O)N[C@@H](Cc2ccccc2)[C@H](O)CNCc2cccc(C(F)(F)F)c2)c1. The van der Waals surface area contributed by atoms with Crippen molar-refractivity contribution in [3.8, 4) is 0 Å². The number of carbonyl (C=O) groups is 2. The molecule has 0 heterocycles. The highest BCUT2D eigenvalue weighted by atomic mass is 19.4. The molecule has 2 amide bonds. The Balaban J connectivity index is 1.67. The summed E-state index contributed by atoms with van der Waals surface area (Å²) < 4.78 is 76.5. The van der Waals surface area contributed by atoms with Crippen molar-refractivity contribution >= 4 is 11.8 Å². The van der Waals surface area contributed by atoms with Crippen LogP contribution >= 0.6 is 0 Å². The highest BCUT2D eigenvalue weighted by Crippen LogP contribution is 2.29. The Morgan fingerprint density at radius 1 is 0.860 bits per heavy atom. The van der Waals surface area contributed by atoms with Gasteiger partial charge in [0.2, 0.25) is 0 Å². The van der Waals surface area contributed by atoms with Gasteiger partial charge < -0.3 is 20.6 Å². The van der Waals surface area contributed by atoms with Gasteiger partial charge in [-0.05, 0) is 48.2 Å². The van der Waals surface area contributed by atoms with E-state index in [1.807, 2.05) is 18.2 Å². The number of aliphatic hydroxyl groups is 1. The summed E-state index contributed by atoms with van der Waals surface area (Å²) in [5, 5.41) is 16.7. The first kappa shape index (κ1) is 33.6. The van der Waals surface area contributed by atoms with E-state index in [9.17, 15) is 41.0 Å². The van der Waals surface area contributed by atoms with E-state index in [1.54, 1.807) is 12.1 Å². The van der Waals surface area contributed by atoms with Crippen LogP contribution in [0.3, 0.4) is 0 Å². The van der Waals surface area contributed by atoms with E-state index < -0.39 is 48.3 Å². The van der Waals surface area contributed by atoms with Gasteiger partial charge in [0.25, 0.3) is 11.8 Å². The molecule has 0 aromatic heterocycles. The van der Waals surface area contributed by atoms with Gasteiger partial charge in [0.1, 0.15) is 0 Å². The Labute approximate surface area is 245 Å². The number of hydrogen-bond donors (Lipinski definition) is 3. The topological polar surface area (TPSA) is 81.7 Å². The van der Waals surface area contributed by atoms with Gasteiger partial charge in [0, 0.05) is 44.2 Å². The molecular formula is C31H33F6N3O3. The highest BCUT2D eigenvalue weighted by Gasteiger charge is 2.30. The van der Waals surface area contributed by atoms with Crippen LogP contribution in [0.15, 0.2) is 78.9 Å². The van der Waals surface area contributed by atoms with E-state index in [-0.39, 0.29) is 43.6 Å².